The van der Waals surface area contributed by atoms with Crippen molar-refractivity contribution in [3.8, 4) is 0 Å². The minimum absolute atomic E-state index is 0.0323. The SMILES string of the molecule is CCNC(=NCCNc1ncc(Cl)cc1Cl)NC(C)(C)C. The van der Waals surface area contributed by atoms with Crippen molar-refractivity contribution < 1.29 is 0 Å². The number of halogens is 2. The van der Waals surface area contributed by atoms with Crippen molar-refractivity contribution in [1.82, 2.24) is 15.6 Å². The quantitative estimate of drug-likeness (QED) is 0.440. The molecule has 0 bridgehead atoms. The molecule has 0 radical (unpaired) electrons. The Hall–Kier alpha value is -1.20. The van der Waals surface area contributed by atoms with Gasteiger partial charge in [-0.25, -0.2) is 4.98 Å². The van der Waals surface area contributed by atoms with Crippen molar-refractivity contribution in [3.05, 3.63) is 22.3 Å². The summed E-state index contributed by atoms with van der Waals surface area (Å²) in [7, 11) is 0. The molecule has 118 valence electrons. The van der Waals surface area contributed by atoms with Crippen molar-refractivity contribution >= 4 is 35.0 Å². The number of guanidine groups is 1. The highest BCUT2D eigenvalue weighted by Crippen LogP contribution is 2.22. The lowest BCUT2D eigenvalue weighted by molar-refractivity contribution is 0.502. The maximum absolute atomic E-state index is 6.04. The Morgan fingerprint density at radius 1 is 1.33 bits per heavy atom. The molecule has 5 nitrogen and oxygen atoms in total. The lowest BCUT2D eigenvalue weighted by Gasteiger charge is -2.23. The van der Waals surface area contributed by atoms with Crippen LogP contribution >= 0.6 is 23.2 Å². The van der Waals surface area contributed by atoms with E-state index in [1.54, 1.807) is 12.3 Å². The lowest BCUT2D eigenvalue weighted by Crippen LogP contribution is -2.47. The normalized spacial score (nSPS) is 12.2. The molecule has 0 saturated carbocycles. The van der Waals surface area contributed by atoms with Crippen molar-refractivity contribution in [1.29, 1.82) is 0 Å². The first-order valence-corrected chi connectivity index (χ1v) is 7.69. The highest BCUT2D eigenvalue weighted by Gasteiger charge is 2.11. The van der Waals surface area contributed by atoms with Gasteiger partial charge in [-0.3, -0.25) is 4.99 Å². The van der Waals surface area contributed by atoms with Gasteiger partial charge in [0.05, 0.1) is 16.6 Å². The van der Waals surface area contributed by atoms with Gasteiger partial charge in [-0.2, -0.15) is 0 Å². The third-order valence-corrected chi connectivity index (χ3v) is 2.81. The Morgan fingerprint density at radius 2 is 2.05 bits per heavy atom. The van der Waals surface area contributed by atoms with Gasteiger partial charge in [0.1, 0.15) is 5.82 Å². The van der Waals surface area contributed by atoms with Gasteiger partial charge >= 0.3 is 0 Å². The minimum Gasteiger partial charge on any atom is -0.367 e. The zero-order chi connectivity index (χ0) is 15.9. The van der Waals surface area contributed by atoms with E-state index in [2.05, 4.69) is 46.7 Å². The monoisotopic (exact) mass is 331 g/mol. The lowest BCUT2D eigenvalue weighted by atomic mass is 10.1. The number of hydrogen-bond donors (Lipinski definition) is 3. The summed E-state index contributed by atoms with van der Waals surface area (Å²) >= 11 is 11.8. The maximum Gasteiger partial charge on any atom is 0.191 e. The van der Waals surface area contributed by atoms with E-state index >= 15 is 0 Å². The van der Waals surface area contributed by atoms with Gasteiger partial charge in [0, 0.05) is 24.8 Å². The molecule has 0 fully saturated rings. The molecule has 1 heterocycles. The molecule has 0 aromatic carbocycles. The van der Waals surface area contributed by atoms with Crippen LogP contribution in [0.2, 0.25) is 10.0 Å². The first-order chi connectivity index (χ1) is 9.81. The van der Waals surface area contributed by atoms with E-state index < -0.39 is 0 Å². The van der Waals surface area contributed by atoms with Crippen LogP contribution in [0.25, 0.3) is 0 Å². The van der Waals surface area contributed by atoms with Crippen LogP contribution in [0.5, 0.6) is 0 Å². The van der Waals surface area contributed by atoms with Gasteiger partial charge < -0.3 is 16.0 Å². The molecule has 0 spiro atoms. The van der Waals surface area contributed by atoms with Crippen LogP contribution in [-0.2, 0) is 0 Å². The predicted octanol–water partition coefficient (Wildman–Crippen LogP) is 3.15. The van der Waals surface area contributed by atoms with Gasteiger partial charge in [0.15, 0.2) is 5.96 Å². The molecular formula is C14H23Cl2N5. The van der Waals surface area contributed by atoms with E-state index in [1.807, 2.05) is 6.92 Å². The van der Waals surface area contributed by atoms with E-state index in [-0.39, 0.29) is 5.54 Å². The third-order valence-electron chi connectivity index (χ3n) is 2.32. The van der Waals surface area contributed by atoms with Gasteiger partial charge in [-0.15, -0.1) is 0 Å². The standard InChI is InChI=1S/C14H23Cl2N5/c1-5-17-13(21-14(2,3)4)19-7-6-18-12-11(16)8-10(15)9-20-12/h8-9H,5-7H2,1-4H3,(H,18,20)(H2,17,19,21). The molecule has 0 aliphatic rings. The van der Waals surface area contributed by atoms with Gasteiger partial charge in [-0.1, -0.05) is 23.2 Å². The van der Waals surface area contributed by atoms with Crippen molar-refractivity contribution in [2.75, 3.05) is 25.0 Å². The Morgan fingerprint density at radius 3 is 2.62 bits per heavy atom. The zero-order valence-corrected chi connectivity index (χ0v) is 14.4. The second-order valence-corrected chi connectivity index (χ2v) is 6.39. The number of hydrogen-bond acceptors (Lipinski definition) is 3. The van der Waals surface area contributed by atoms with Crippen LogP contribution in [0.15, 0.2) is 17.3 Å². The number of nitrogens with zero attached hydrogens (tertiary/aromatic N) is 2. The largest absolute Gasteiger partial charge is 0.367 e. The van der Waals surface area contributed by atoms with Crippen LogP contribution in [0.4, 0.5) is 5.82 Å². The molecule has 0 atom stereocenters. The number of aromatic nitrogens is 1. The number of anilines is 1. The second-order valence-electron chi connectivity index (χ2n) is 5.55. The first-order valence-electron chi connectivity index (χ1n) is 6.93. The fourth-order valence-electron chi connectivity index (χ4n) is 1.55. The van der Waals surface area contributed by atoms with Crippen LogP contribution in [0.1, 0.15) is 27.7 Å². The van der Waals surface area contributed by atoms with E-state index in [9.17, 15) is 0 Å². The molecule has 21 heavy (non-hydrogen) atoms. The van der Waals surface area contributed by atoms with Crippen LogP contribution < -0.4 is 16.0 Å². The predicted molar refractivity (Wildman–Crippen MR) is 91.6 cm³/mol. The van der Waals surface area contributed by atoms with Gasteiger partial charge in [0.2, 0.25) is 0 Å². The Kier molecular flexibility index (Phi) is 7.05. The number of aliphatic imine (C=N–C) groups is 1. The summed E-state index contributed by atoms with van der Waals surface area (Å²) in [4.78, 5) is 8.63. The summed E-state index contributed by atoms with van der Waals surface area (Å²) in [6.45, 7) is 10.4. The summed E-state index contributed by atoms with van der Waals surface area (Å²) in [5, 5.41) is 10.7. The highest BCUT2D eigenvalue weighted by molar-refractivity contribution is 6.35. The van der Waals surface area contributed by atoms with Crippen LogP contribution in [0, 0.1) is 0 Å². The van der Waals surface area contributed by atoms with Crippen molar-refractivity contribution in [2.24, 2.45) is 4.99 Å². The van der Waals surface area contributed by atoms with Gasteiger partial charge in [0.25, 0.3) is 0 Å². The van der Waals surface area contributed by atoms with E-state index in [4.69, 9.17) is 23.2 Å². The first kappa shape index (κ1) is 17.9. The second kappa shape index (κ2) is 8.29. The molecule has 1 aromatic heterocycles. The summed E-state index contributed by atoms with van der Waals surface area (Å²) in [5.41, 5.74) is -0.0323. The van der Waals surface area contributed by atoms with E-state index in [0.717, 1.165) is 12.5 Å². The highest BCUT2D eigenvalue weighted by atomic mass is 35.5. The summed E-state index contributed by atoms with van der Waals surface area (Å²) < 4.78 is 0. The number of nitrogens with one attached hydrogen (secondary N) is 3. The molecule has 3 N–H and O–H groups in total. The van der Waals surface area contributed by atoms with E-state index in [0.29, 0.717) is 29.0 Å². The maximum atomic E-state index is 6.04. The molecule has 0 saturated heterocycles. The van der Waals surface area contributed by atoms with Crippen LogP contribution in [0.3, 0.4) is 0 Å². The Bertz CT molecular complexity index is 483. The van der Waals surface area contributed by atoms with Crippen molar-refractivity contribution in [2.45, 2.75) is 33.2 Å². The summed E-state index contributed by atoms with van der Waals surface area (Å²) in [5.74, 6) is 1.41. The average molecular weight is 332 g/mol. The van der Waals surface area contributed by atoms with Gasteiger partial charge in [-0.05, 0) is 33.8 Å². The molecular weight excluding hydrogens is 309 g/mol. The third kappa shape index (κ3) is 7.39. The zero-order valence-electron chi connectivity index (χ0n) is 12.9. The summed E-state index contributed by atoms with van der Waals surface area (Å²) in [6, 6.07) is 1.66. The fraction of sp³-hybridized carbons (Fsp3) is 0.571. The molecule has 1 aromatic rings. The Labute approximate surface area is 136 Å². The molecule has 0 amide bonds. The molecule has 0 aliphatic heterocycles. The average Bonchev–Trinajstić information content (AvgIpc) is 2.35. The summed E-state index contributed by atoms with van der Waals surface area (Å²) in [6.07, 6.45) is 1.56. The molecule has 0 unspecified atom stereocenters. The number of rotatable bonds is 5. The fourth-order valence-corrected chi connectivity index (χ4v) is 2.00. The van der Waals surface area contributed by atoms with E-state index in [1.165, 1.54) is 0 Å². The van der Waals surface area contributed by atoms with Crippen molar-refractivity contribution in [3.63, 3.8) is 0 Å². The Balaban J connectivity index is 2.50. The molecule has 1 rings (SSSR count). The molecule has 7 heteroatoms. The molecule has 0 aliphatic carbocycles. The smallest absolute Gasteiger partial charge is 0.191 e. The number of pyridine rings is 1. The topological polar surface area (TPSA) is 61.3 Å². The minimum atomic E-state index is -0.0323. The van der Waals surface area contributed by atoms with Crippen LogP contribution in [-0.4, -0.2) is 36.1 Å².